The van der Waals surface area contributed by atoms with Gasteiger partial charge < -0.3 is 0 Å². The van der Waals surface area contributed by atoms with E-state index in [1.54, 1.807) is 0 Å². The molecule has 4 atom stereocenters. The van der Waals surface area contributed by atoms with E-state index in [1.807, 2.05) is 6.07 Å². The average Bonchev–Trinajstić information content (AvgIpc) is 3.24. The van der Waals surface area contributed by atoms with E-state index in [2.05, 4.69) is 104 Å². The van der Waals surface area contributed by atoms with Crippen LogP contribution in [-0.4, -0.2) is 25.0 Å². The number of rotatable bonds is 6. The van der Waals surface area contributed by atoms with Crippen molar-refractivity contribution in [2.24, 2.45) is 10.1 Å². The number of allylic oxidation sites excluding steroid dienone is 1. The van der Waals surface area contributed by atoms with Gasteiger partial charge in [-0.15, -0.1) is 0 Å². The molecule has 2 aliphatic rings. The van der Waals surface area contributed by atoms with E-state index in [0.717, 1.165) is 24.8 Å². The molecule has 3 aromatic rings. The molecule has 0 radical (unpaired) electrons. The number of hydrogen-bond acceptors (Lipinski definition) is 2. The van der Waals surface area contributed by atoms with Gasteiger partial charge in [-0.25, -0.2) is 0 Å². The summed E-state index contributed by atoms with van der Waals surface area (Å²) in [5, 5.41) is 0. The second-order valence-corrected chi connectivity index (χ2v) is 24.9. The molecule has 0 saturated heterocycles. The summed E-state index contributed by atoms with van der Waals surface area (Å²) in [5.41, 5.74) is 6.50. The van der Waals surface area contributed by atoms with Crippen molar-refractivity contribution in [2.75, 3.05) is 14.1 Å². The van der Waals surface area contributed by atoms with Crippen molar-refractivity contribution in [3.05, 3.63) is 107 Å². The Bertz CT molecular complexity index is 1200. The van der Waals surface area contributed by atoms with Crippen molar-refractivity contribution in [3.8, 4) is 0 Å². The zero-order valence-electron chi connectivity index (χ0n) is 20.6. The summed E-state index contributed by atoms with van der Waals surface area (Å²) in [6, 6.07) is 30.4. The number of benzene rings is 3. The Labute approximate surface area is 219 Å². The molecule has 183 valence electrons. The zero-order chi connectivity index (χ0) is 24.7. The van der Waals surface area contributed by atoms with Crippen LogP contribution in [-0.2, 0) is 18.2 Å². The number of fused-ring (bicyclic) bond motifs is 1. The molecule has 2 nitrogen and oxygen atoms in total. The van der Waals surface area contributed by atoms with Crippen molar-refractivity contribution >= 4 is 30.3 Å². The van der Waals surface area contributed by atoms with Crippen LogP contribution in [0.25, 0.3) is 11.6 Å². The maximum atomic E-state index is 7.57. The van der Waals surface area contributed by atoms with Crippen molar-refractivity contribution in [1.82, 2.24) is 4.90 Å². The van der Waals surface area contributed by atoms with Gasteiger partial charge in [0.05, 0.1) is 0 Å². The first-order valence-corrected chi connectivity index (χ1v) is 19.9. The van der Waals surface area contributed by atoms with E-state index in [9.17, 15) is 0 Å². The van der Waals surface area contributed by atoms with Crippen LogP contribution >= 0.6 is 18.6 Å². The van der Waals surface area contributed by atoms with Gasteiger partial charge in [-0.1, -0.05) is 0 Å². The minimum absolute atomic E-state index is 0.0972. The first kappa shape index (κ1) is 25.3. The first-order valence-electron chi connectivity index (χ1n) is 12.7. The van der Waals surface area contributed by atoms with E-state index in [4.69, 9.17) is 22.8 Å². The predicted octanol–water partition coefficient (Wildman–Crippen LogP) is 7.91. The average molecular weight is 542 g/mol. The molecule has 0 heterocycles. The van der Waals surface area contributed by atoms with E-state index in [-0.39, 0.29) is 10.1 Å². The van der Waals surface area contributed by atoms with Crippen molar-refractivity contribution < 1.29 is 13.4 Å². The Balaban J connectivity index is 1.60. The topological polar surface area (TPSA) is 29.3 Å². The summed E-state index contributed by atoms with van der Waals surface area (Å²) in [5.74, 6) is 0.559. The number of halogens is 2. The molecular formula is C30H35Cl2N2Ti. The van der Waals surface area contributed by atoms with Crippen LogP contribution in [0, 0.1) is 5.92 Å². The van der Waals surface area contributed by atoms with Crippen molar-refractivity contribution in [1.29, 1.82) is 0 Å². The molecule has 1 fully saturated rings. The van der Waals surface area contributed by atoms with Gasteiger partial charge in [-0.3, -0.25) is 0 Å². The summed E-state index contributed by atoms with van der Waals surface area (Å²) < 4.78 is 7.97. The standard InChI is InChI=1S/C23H26N.C7H7.2ClH.H2N.Ti/c1-24(2)20-14-12-18(13-15-20)23-21-11-7-6-10-19(21)16-22(23)17-8-4-3-5-9-17;1-7-5-3-2-4-6-7;;;;/h3-12,16,18,20,23H,13-15H2,1-2H3;2-6H,1H2;2*1H;1H2;/q;;;;-1;+3/p-2. The van der Waals surface area contributed by atoms with Crippen molar-refractivity contribution in [2.45, 2.75) is 40.2 Å². The van der Waals surface area contributed by atoms with Crippen LogP contribution in [0.15, 0.2) is 84.9 Å². The van der Waals surface area contributed by atoms with Gasteiger partial charge in [0.25, 0.3) is 0 Å². The Hall–Kier alpha value is -1.39. The molecule has 5 rings (SSSR count). The van der Waals surface area contributed by atoms with Gasteiger partial charge in [0.2, 0.25) is 0 Å². The third kappa shape index (κ3) is 5.21. The molecule has 5 heteroatoms. The fourth-order valence-electron chi connectivity index (χ4n) is 6.54. The molecule has 1 saturated carbocycles. The van der Waals surface area contributed by atoms with Gasteiger partial charge in [-0.05, 0) is 0 Å². The summed E-state index contributed by atoms with van der Waals surface area (Å²) in [6.45, 7) is 0. The maximum absolute atomic E-state index is 7.57. The molecule has 0 amide bonds. The second-order valence-electron chi connectivity index (χ2n) is 10.8. The summed E-state index contributed by atoms with van der Waals surface area (Å²) in [6.07, 6.45) is 5.53. The summed E-state index contributed by atoms with van der Waals surface area (Å²) in [7, 11) is 19.5. The molecule has 3 aromatic carbocycles. The summed E-state index contributed by atoms with van der Waals surface area (Å²) >= 11 is -4.47. The normalized spacial score (nSPS) is 25.5. The molecule has 2 aliphatic carbocycles. The second kappa shape index (κ2) is 9.82. The first-order chi connectivity index (χ1) is 16.7. The SMILES string of the molecule is CN(C)C1CCC(C2C(c3ccccc3)=Cc3ccccc32)[CH]([Ti]([NH2])([Cl])([Cl])[CH2]c2ccccc2)C1. The third-order valence-electron chi connectivity index (χ3n) is 8.26. The van der Waals surface area contributed by atoms with Gasteiger partial charge >= 0.3 is 220 Å². The molecule has 4 unspecified atom stereocenters. The number of hydrogen-bond donors (Lipinski definition) is 1. The Kier molecular flexibility index (Phi) is 7.09. The molecule has 0 aromatic heterocycles. The van der Waals surface area contributed by atoms with Gasteiger partial charge in [-0.2, -0.15) is 0 Å². The van der Waals surface area contributed by atoms with Crippen LogP contribution in [0.2, 0.25) is 4.22 Å². The molecular weight excluding hydrogens is 507 g/mol. The van der Waals surface area contributed by atoms with Gasteiger partial charge in [0.15, 0.2) is 0 Å². The van der Waals surface area contributed by atoms with E-state index in [1.165, 1.54) is 22.3 Å². The zero-order valence-corrected chi connectivity index (χ0v) is 23.7. The Morgan fingerprint density at radius 2 is 1.49 bits per heavy atom. The Morgan fingerprint density at radius 1 is 0.857 bits per heavy atom. The molecule has 0 bridgehead atoms. The van der Waals surface area contributed by atoms with Gasteiger partial charge in [0.1, 0.15) is 0 Å². The molecule has 0 spiro atoms. The van der Waals surface area contributed by atoms with Crippen LogP contribution < -0.4 is 4.22 Å². The third-order valence-corrected chi connectivity index (χ3v) is 16.8. The quantitative estimate of drug-likeness (QED) is 0.321. The minimum atomic E-state index is -4.47. The van der Waals surface area contributed by atoms with Gasteiger partial charge in [0, 0.05) is 0 Å². The molecule has 35 heavy (non-hydrogen) atoms. The van der Waals surface area contributed by atoms with Crippen LogP contribution in [0.5, 0.6) is 0 Å². The van der Waals surface area contributed by atoms with E-state index >= 15 is 0 Å². The van der Waals surface area contributed by atoms with Crippen molar-refractivity contribution in [3.63, 3.8) is 0 Å². The number of nitrogens with two attached hydrogens (primary N) is 1. The van der Waals surface area contributed by atoms with Crippen LogP contribution in [0.3, 0.4) is 0 Å². The molecule has 2 N–H and O–H groups in total. The monoisotopic (exact) mass is 541 g/mol. The van der Waals surface area contributed by atoms with E-state index < -0.39 is 13.4 Å². The summed E-state index contributed by atoms with van der Waals surface area (Å²) in [4.78, 5) is 2.33. The molecule has 0 aliphatic heterocycles. The Morgan fingerprint density at radius 3 is 2.17 bits per heavy atom. The predicted molar refractivity (Wildman–Crippen MR) is 148 cm³/mol. The van der Waals surface area contributed by atoms with E-state index in [0.29, 0.717) is 16.7 Å². The van der Waals surface area contributed by atoms with Crippen LogP contribution in [0.4, 0.5) is 0 Å². The fraction of sp³-hybridized carbons (Fsp3) is 0.333. The van der Waals surface area contributed by atoms with Crippen LogP contribution in [0.1, 0.15) is 47.4 Å². The fourth-order valence-corrected chi connectivity index (χ4v) is 15.0. The number of nitrogens with zero attached hydrogens (tertiary/aromatic N) is 1.